The second kappa shape index (κ2) is 52.0. The number of hydrogen-bond acceptors (Lipinski definition) is 25. The third-order valence-corrected chi connectivity index (χ3v) is 17.8. The SMILES string of the molecule is CC(=O)N[C@@H](C)C(=O)N[C@@H](CCC(=O)O)C(=O)N[C@@H](C)C(=O)N[C@@H](C)C(=O)N[C@@H](Cc1c[nH]cn1)C(=O)N[C@@H](CCCCN)C(=O)N[C@@H](CCC(=O)O)C(=O)N[C@@H](C)C(=O)N[C@@H](C)C(=O)N[C@@H](C)C(=O)N[C@@H](CCCCN)C(=O)N[C@@H](CCC(=O)O)C(=O)N[C@@H](C)C(=O)N[C@@H](C)C(=O)N[C@@H](C)C(=O)N[C@@H](Cc1c[nH]cn1)C(=O)N[C@@H](C)C(N)=O. The first-order valence-corrected chi connectivity index (χ1v) is 38.2. The Hall–Kier alpha value is -12.8. The molecule has 0 saturated carbocycles. The van der Waals surface area contributed by atoms with Crippen LogP contribution in [0.4, 0.5) is 0 Å². The summed E-state index contributed by atoms with van der Waals surface area (Å²) in [6.07, 6.45) is 2.10. The number of nitrogens with zero attached hydrogens (tertiary/aromatic N) is 2. The molecule has 0 aliphatic heterocycles. The first kappa shape index (κ1) is 102. The summed E-state index contributed by atoms with van der Waals surface area (Å²) in [4.78, 5) is 289. The van der Waals surface area contributed by atoms with Crippen LogP contribution in [0.5, 0.6) is 0 Å². The van der Waals surface area contributed by atoms with Crippen LogP contribution in [0.2, 0.25) is 0 Å². The summed E-state index contributed by atoms with van der Waals surface area (Å²) in [5.74, 6) is -21.1. The van der Waals surface area contributed by atoms with Crippen molar-refractivity contribution in [3.63, 3.8) is 0 Å². The number of carboxylic acid groups (broad SMARTS) is 3. The maximum atomic E-state index is 14.3. The number of imidazole rings is 2. The molecule has 0 spiro atoms. The van der Waals surface area contributed by atoms with Crippen molar-refractivity contribution in [2.75, 3.05) is 13.1 Å². The molecule has 0 aliphatic carbocycles. The van der Waals surface area contributed by atoms with Gasteiger partial charge in [-0.2, -0.15) is 0 Å². The molecule has 17 atom stereocenters. The quantitative estimate of drug-likeness (QED) is 0.0274. The third-order valence-electron chi connectivity index (χ3n) is 17.8. The van der Waals surface area contributed by atoms with Gasteiger partial charge in [0.05, 0.1) is 24.0 Å². The van der Waals surface area contributed by atoms with Gasteiger partial charge in [0.25, 0.3) is 0 Å². The van der Waals surface area contributed by atoms with Gasteiger partial charge in [-0.1, -0.05) is 0 Å². The summed E-state index contributed by atoms with van der Waals surface area (Å²) in [6, 6.07) is -24.6. The number of aromatic nitrogens is 4. The van der Waals surface area contributed by atoms with Gasteiger partial charge >= 0.3 is 17.9 Å². The largest absolute Gasteiger partial charge is 0.481 e. The molecule has 0 saturated heterocycles. The van der Waals surface area contributed by atoms with Gasteiger partial charge in [0.2, 0.25) is 106 Å². The highest BCUT2D eigenvalue weighted by atomic mass is 16.4. The minimum Gasteiger partial charge on any atom is -0.481 e. The molecule has 0 aromatic carbocycles. The summed E-state index contributed by atoms with van der Waals surface area (Å²) >= 11 is 0. The molecule has 119 heavy (non-hydrogen) atoms. The maximum Gasteiger partial charge on any atom is 0.303 e. The number of hydrogen-bond donors (Lipinski definition) is 25. The molecule has 0 aliphatic rings. The highest BCUT2D eigenvalue weighted by Crippen LogP contribution is 2.12. The van der Waals surface area contributed by atoms with Crippen molar-refractivity contribution in [2.24, 2.45) is 17.2 Å². The zero-order valence-corrected chi connectivity index (χ0v) is 68.0. The number of rotatable bonds is 55. The number of nitrogens with one attached hydrogen (secondary N) is 19. The molecule has 2 rings (SSSR count). The Morgan fingerprint density at radius 3 is 0.731 bits per heavy atom. The number of carbonyl (C=O) groups excluding carboxylic acids is 18. The second-order valence-corrected chi connectivity index (χ2v) is 28.2. The summed E-state index contributed by atoms with van der Waals surface area (Å²) in [6.45, 7) is 13.7. The lowest BCUT2D eigenvalue weighted by molar-refractivity contribution is -0.139. The fraction of sp³-hybridized carbons (Fsp3) is 0.620. The molecular weight excluding hydrogens is 1570 g/mol. The fourth-order valence-corrected chi connectivity index (χ4v) is 10.7. The molecule has 0 bridgehead atoms. The van der Waals surface area contributed by atoms with E-state index in [2.05, 4.69) is 110 Å². The van der Waals surface area contributed by atoms with Crippen molar-refractivity contribution in [1.29, 1.82) is 0 Å². The molecule has 0 fully saturated rings. The van der Waals surface area contributed by atoms with E-state index >= 15 is 0 Å². The van der Waals surface area contributed by atoms with Crippen molar-refractivity contribution < 1.29 is 116 Å². The number of primary amides is 1. The molecule has 0 unspecified atom stereocenters. The summed E-state index contributed by atoms with van der Waals surface area (Å²) in [7, 11) is 0. The molecule has 18 amide bonds. The number of H-pyrrole nitrogens is 2. The molecule has 2 heterocycles. The Kier molecular flexibility index (Phi) is 44.7. The Bertz CT molecular complexity index is 3870. The Morgan fingerprint density at radius 1 is 0.294 bits per heavy atom. The van der Waals surface area contributed by atoms with Crippen LogP contribution >= 0.6 is 0 Å². The smallest absolute Gasteiger partial charge is 0.303 e. The van der Waals surface area contributed by atoms with Crippen LogP contribution in [0.3, 0.4) is 0 Å². The van der Waals surface area contributed by atoms with E-state index in [4.69, 9.17) is 17.2 Å². The highest BCUT2D eigenvalue weighted by Gasteiger charge is 2.37. The lowest BCUT2D eigenvalue weighted by Gasteiger charge is -2.27. The van der Waals surface area contributed by atoms with Crippen molar-refractivity contribution in [2.45, 2.75) is 269 Å². The van der Waals surface area contributed by atoms with Gasteiger partial charge in [0.15, 0.2) is 0 Å². The van der Waals surface area contributed by atoms with Gasteiger partial charge in [-0.25, -0.2) is 9.97 Å². The van der Waals surface area contributed by atoms with Crippen molar-refractivity contribution in [3.05, 3.63) is 36.4 Å². The summed E-state index contributed by atoms with van der Waals surface area (Å²) in [5.41, 5.74) is 17.3. The van der Waals surface area contributed by atoms with Crippen LogP contribution in [-0.4, -0.2) is 275 Å². The molecule has 2 aromatic rings. The Morgan fingerprint density at radius 2 is 0.496 bits per heavy atom. The first-order valence-electron chi connectivity index (χ1n) is 38.2. The number of unbranched alkanes of at least 4 members (excludes halogenated alkanes) is 2. The van der Waals surface area contributed by atoms with Crippen LogP contribution in [0.25, 0.3) is 0 Å². The number of amides is 18. The predicted octanol–water partition coefficient (Wildman–Crippen LogP) is -9.28. The molecule has 2 aromatic heterocycles. The van der Waals surface area contributed by atoms with E-state index in [1.165, 1.54) is 87.4 Å². The van der Waals surface area contributed by atoms with Gasteiger partial charge < -0.3 is 133 Å². The number of carboxylic acids is 3. The third kappa shape index (κ3) is 38.7. The van der Waals surface area contributed by atoms with E-state index in [-0.39, 0.29) is 57.3 Å². The van der Waals surface area contributed by atoms with Gasteiger partial charge in [-0.3, -0.25) is 101 Å². The van der Waals surface area contributed by atoms with Gasteiger partial charge in [0, 0.05) is 51.4 Å². The van der Waals surface area contributed by atoms with Crippen LogP contribution in [0.15, 0.2) is 25.0 Å². The lowest BCUT2D eigenvalue weighted by atomic mass is 10.0. The molecular formula is C71H114N24O24. The zero-order valence-electron chi connectivity index (χ0n) is 68.0. The molecule has 28 N–H and O–H groups in total. The van der Waals surface area contributed by atoms with Gasteiger partial charge in [0.1, 0.15) is 103 Å². The molecule has 0 radical (unpaired) electrons. The van der Waals surface area contributed by atoms with Crippen LogP contribution in [0, 0.1) is 0 Å². The average molecular weight is 1690 g/mol. The van der Waals surface area contributed by atoms with Crippen molar-refractivity contribution in [1.82, 2.24) is 110 Å². The van der Waals surface area contributed by atoms with Crippen LogP contribution < -0.4 is 108 Å². The van der Waals surface area contributed by atoms with E-state index in [0.717, 1.165) is 13.8 Å². The number of aromatic amines is 2. The van der Waals surface area contributed by atoms with E-state index < -0.39 is 265 Å². The van der Waals surface area contributed by atoms with Crippen LogP contribution in [0.1, 0.15) is 165 Å². The lowest BCUT2D eigenvalue weighted by Crippen LogP contribution is -2.60. The van der Waals surface area contributed by atoms with Crippen molar-refractivity contribution in [3.8, 4) is 0 Å². The van der Waals surface area contributed by atoms with E-state index in [0.29, 0.717) is 18.5 Å². The maximum absolute atomic E-state index is 14.3. The molecule has 48 heteroatoms. The zero-order chi connectivity index (χ0) is 90.1. The van der Waals surface area contributed by atoms with E-state index in [9.17, 15) is 116 Å². The minimum absolute atomic E-state index is 0.123. The average Bonchev–Trinajstić information content (AvgIpc) is 1.82. The normalized spacial score (nSPS) is 15.2. The monoisotopic (exact) mass is 1690 g/mol. The molecule has 662 valence electrons. The highest BCUT2D eigenvalue weighted by molar-refractivity contribution is 6.01. The van der Waals surface area contributed by atoms with Crippen LogP contribution in [-0.2, 0) is 114 Å². The standard InChI is InChI=1S/C71H114N24O24/c1-32(55(74)103)80-70(118)50(26-43-28-75-30-77-43)94-63(111)40(9)84-57(105)35(4)82-59(107)36(5)87-66(114)48(19-22-53(99)100)92-68(116)45(16-12-14-24-72)89-62(110)39(8)83-56(104)34(3)81-58(106)37(6)88-67(115)49(20-23-54(101)102)93-69(117)46(17-13-15-25-73)91-71(119)51(27-44-29-76-31-78-44)95-64(112)41(10)85-60(108)38(7)86-65(113)47(18-21-52(97)98)90-61(109)33(2)79-42(11)96/h28-41,45-51H,12-27,72-73H2,1-11H3,(H2,74,103)(H,75,77)(H,76,78)(H,79,96)(H,80,118)(H,81,106)(H,82,107)(H,83,104)(H,84,105)(H,85,108)(H,86,113)(H,87,114)(H,88,115)(H,89,110)(H,90,109)(H,91,119)(H,92,116)(H,93,117)(H,94,111)(H,95,112)(H,97,98)(H,99,100)(H,101,102)/t32-,33-,34-,35-,36-,37-,38-,39-,40-,41-,45-,46-,47-,48-,49-,50-,51-/m0/s1. The Balaban J connectivity index is 2.21. The van der Waals surface area contributed by atoms with Gasteiger partial charge in [-0.05, 0) is 140 Å². The predicted molar refractivity (Wildman–Crippen MR) is 415 cm³/mol. The number of aliphatic carboxylic acids is 3. The number of nitrogens with two attached hydrogens (primary N) is 3. The molecule has 48 nitrogen and oxygen atoms in total. The van der Waals surface area contributed by atoms with Crippen molar-refractivity contribution >= 4 is 124 Å². The van der Waals surface area contributed by atoms with E-state index in [1.807, 2.05) is 0 Å². The fourth-order valence-electron chi connectivity index (χ4n) is 10.7. The number of carbonyl (C=O) groups is 21. The summed E-state index contributed by atoms with van der Waals surface area (Å²) < 4.78 is 0. The second-order valence-electron chi connectivity index (χ2n) is 28.2. The first-order chi connectivity index (χ1) is 55.8. The Labute approximate surface area is 683 Å². The minimum atomic E-state index is -1.73. The van der Waals surface area contributed by atoms with Gasteiger partial charge in [-0.15, -0.1) is 0 Å². The van der Waals surface area contributed by atoms with E-state index in [1.54, 1.807) is 0 Å². The topological polar surface area (TPSA) is 759 Å². The summed E-state index contributed by atoms with van der Waals surface area (Å²) in [5, 5.41) is 69.1.